The van der Waals surface area contributed by atoms with Crippen molar-refractivity contribution < 1.29 is 9.90 Å². The second-order valence-electron chi connectivity index (χ2n) is 3.99. The highest BCUT2D eigenvalue weighted by molar-refractivity contribution is 6.30. The molecule has 0 saturated heterocycles. The van der Waals surface area contributed by atoms with E-state index in [9.17, 15) is 4.79 Å². The summed E-state index contributed by atoms with van der Waals surface area (Å²) in [5, 5.41) is 12.0. The van der Waals surface area contributed by atoms with Crippen molar-refractivity contribution in [1.29, 1.82) is 0 Å². The number of carbonyl (C=O) groups is 1. The lowest BCUT2D eigenvalue weighted by atomic mass is 10.1. The SMILES string of the molecule is O=C(Nc1ccc(CCO)cc1)c1ccc(Cl)cn1. The van der Waals surface area contributed by atoms with E-state index in [0.717, 1.165) is 5.56 Å². The van der Waals surface area contributed by atoms with Gasteiger partial charge in [0.15, 0.2) is 0 Å². The number of anilines is 1. The first-order chi connectivity index (χ1) is 9.19. The van der Waals surface area contributed by atoms with E-state index >= 15 is 0 Å². The summed E-state index contributed by atoms with van der Waals surface area (Å²) in [6, 6.07) is 10.5. The van der Waals surface area contributed by atoms with Gasteiger partial charge in [-0.25, -0.2) is 4.98 Å². The summed E-state index contributed by atoms with van der Waals surface area (Å²) < 4.78 is 0. The van der Waals surface area contributed by atoms with Crippen molar-refractivity contribution in [2.45, 2.75) is 6.42 Å². The molecule has 0 saturated carbocycles. The van der Waals surface area contributed by atoms with E-state index in [2.05, 4.69) is 10.3 Å². The number of rotatable bonds is 4. The molecule has 5 heteroatoms. The van der Waals surface area contributed by atoms with Crippen molar-refractivity contribution in [3.63, 3.8) is 0 Å². The monoisotopic (exact) mass is 276 g/mol. The Hall–Kier alpha value is -1.91. The van der Waals surface area contributed by atoms with Gasteiger partial charge in [0.1, 0.15) is 5.69 Å². The molecule has 0 fully saturated rings. The highest BCUT2D eigenvalue weighted by Gasteiger charge is 2.07. The van der Waals surface area contributed by atoms with E-state index in [1.54, 1.807) is 24.3 Å². The van der Waals surface area contributed by atoms with Gasteiger partial charge in [0, 0.05) is 18.5 Å². The lowest BCUT2D eigenvalue weighted by Crippen LogP contribution is -2.13. The van der Waals surface area contributed by atoms with Crippen LogP contribution in [0.3, 0.4) is 0 Å². The van der Waals surface area contributed by atoms with Crippen LogP contribution in [0.15, 0.2) is 42.6 Å². The molecule has 2 N–H and O–H groups in total. The molecule has 0 bridgehead atoms. The van der Waals surface area contributed by atoms with Crippen LogP contribution in [0.5, 0.6) is 0 Å². The van der Waals surface area contributed by atoms with E-state index < -0.39 is 0 Å². The Balaban J connectivity index is 2.04. The number of benzene rings is 1. The Bertz CT molecular complexity index is 553. The number of aliphatic hydroxyl groups excluding tert-OH is 1. The first kappa shape index (κ1) is 13.5. The highest BCUT2D eigenvalue weighted by Crippen LogP contribution is 2.12. The second-order valence-corrected chi connectivity index (χ2v) is 4.42. The summed E-state index contributed by atoms with van der Waals surface area (Å²) in [7, 11) is 0. The van der Waals surface area contributed by atoms with Crippen molar-refractivity contribution in [1.82, 2.24) is 4.98 Å². The molecule has 0 unspecified atom stereocenters. The molecule has 19 heavy (non-hydrogen) atoms. The van der Waals surface area contributed by atoms with Gasteiger partial charge in [-0.15, -0.1) is 0 Å². The molecular weight excluding hydrogens is 264 g/mol. The minimum atomic E-state index is -0.286. The summed E-state index contributed by atoms with van der Waals surface area (Å²) >= 11 is 5.71. The molecule has 0 atom stereocenters. The fourth-order valence-electron chi connectivity index (χ4n) is 1.59. The fourth-order valence-corrected chi connectivity index (χ4v) is 1.70. The first-order valence-electron chi connectivity index (χ1n) is 5.82. The van der Waals surface area contributed by atoms with Crippen LogP contribution >= 0.6 is 11.6 Å². The zero-order valence-electron chi connectivity index (χ0n) is 10.1. The maximum atomic E-state index is 11.9. The van der Waals surface area contributed by atoms with Crippen molar-refractivity contribution in [3.05, 3.63) is 58.9 Å². The molecule has 4 nitrogen and oxygen atoms in total. The summed E-state index contributed by atoms with van der Waals surface area (Å²) in [5.74, 6) is -0.286. The van der Waals surface area contributed by atoms with Gasteiger partial charge in [-0.3, -0.25) is 4.79 Å². The molecule has 1 aromatic heterocycles. The van der Waals surface area contributed by atoms with Gasteiger partial charge < -0.3 is 10.4 Å². The van der Waals surface area contributed by atoms with Crippen LogP contribution in [-0.4, -0.2) is 22.6 Å². The molecule has 2 aromatic rings. The predicted molar refractivity (Wildman–Crippen MR) is 74.4 cm³/mol. The molecule has 0 aliphatic rings. The molecule has 0 radical (unpaired) electrons. The Morgan fingerprint density at radius 2 is 1.95 bits per heavy atom. The maximum absolute atomic E-state index is 11.9. The number of hydrogen-bond acceptors (Lipinski definition) is 3. The van der Waals surface area contributed by atoms with E-state index in [4.69, 9.17) is 16.7 Å². The Morgan fingerprint density at radius 3 is 2.53 bits per heavy atom. The van der Waals surface area contributed by atoms with E-state index in [1.807, 2.05) is 12.1 Å². The number of aliphatic hydroxyl groups is 1. The molecule has 1 aromatic carbocycles. The molecule has 0 spiro atoms. The number of aromatic nitrogens is 1. The lowest BCUT2D eigenvalue weighted by Gasteiger charge is -2.05. The van der Waals surface area contributed by atoms with Crippen LogP contribution < -0.4 is 5.32 Å². The number of amides is 1. The highest BCUT2D eigenvalue weighted by atomic mass is 35.5. The number of nitrogens with zero attached hydrogens (tertiary/aromatic N) is 1. The number of halogens is 1. The molecule has 1 amide bonds. The Morgan fingerprint density at radius 1 is 1.21 bits per heavy atom. The fraction of sp³-hybridized carbons (Fsp3) is 0.143. The third kappa shape index (κ3) is 3.77. The summed E-state index contributed by atoms with van der Waals surface area (Å²) in [4.78, 5) is 15.8. The minimum absolute atomic E-state index is 0.112. The van der Waals surface area contributed by atoms with Crippen LogP contribution in [0.1, 0.15) is 16.1 Å². The van der Waals surface area contributed by atoms with Gasteiger partial charge in [-0.2, -0.15) is 0 Å². The van der Waals surface area contributed by atoms with E-state index in [0.29, 0.717) is 22.8 Å². The zero-order chi connectivity index (χ0) is 13.7. The van der Waals surface area contributed by atoms with Crippen LogP contribution in [0.4, 0.5) is 5.69 Å². The standard InChI is InChI=1S/C14H13ClN2O2/c15-11-3-6-13(16-9-11)14(19)17-12-4-1-10(2-5-12)7-8-18/h1-6,9,18H,7-8H2,(H,17,19). The second kappa shape index (κ2) is 6.31. The molecule has 0 aliphatic carbocycles. The average Bonchev–Trinajstić information content (AvgIpc) is 2.42. The van der Waals surface area contributed by atoms with E-state index in [1.165, 1.54) is 6.20 Å². The van der Waals surface area contributed by atoms with Crippen LogP contribution in [0, 0.1) is 0 Å². The van der Waals surface area contributed by atoms with Crippen molar-refractivity contribution in [2.75, 3.05) is 11.9 Å². The van der Waals surface area contributed by atoms with Gasteiger partial charge in [0.25, 0.3) is 5.91 Å². The number of nitrogens with one attached hydrogen (secondary N) is 1. The molecule has 1 heterocycles. The Labute approximate surface area is 116 Å². The normalized spacial score (nSPS) is 10.2. The van der Waals surface area contributed by atoms with Crippen molar-refractivity contribution in [2.24, 2.45) is 0 Å². The van der Waals surface area contributed by atoms with Crippen LogP contribution in [0.2, 0.25) is 5.02 Å². The predicted octanol–water partition coefficient (Wildman–Crippen LogP) is 2.52. The number of hydrogen-bond donors (Lipinski definition) is 2. The summed E-state index contributed by atoms with van der Waals surface area (Å²) in [6.07, 6.45) is 2.04. The van der Waals surface area contributed by atoms with Crippen molar-refractivity contribution in [3.8, 4) is 0 Å². The average molecular weight is 277 g/mol. The smallest absolute Gasteiger partial charge is 0.274 e. The Kier molecular flexibility index (Phi) is 4.49. The van der Waals surface area contributed by atoms with Gasteiger partial charge >= 0.3 is 0 Å². The molecular formula is C14H13ClN2O2. The first-order valence-corrected chi connectivity index (χ1v) is 6.19. The van der Waals surface area contributed by atoms with Crippen molar-refractivity contribution >= 4 is 23.2 Å². The van der Waals surface area contributed by atoms with Gasteiger partial charge in [-0.05, 0) is 36.2 Å². The third-order valence-corrected chi connectivity index (χ3v) is 2.80. The van der Waals surface area contributed by atoms with Gasteiger partial charge in [-0.1, -0.05) is 23.7 Å². The van der Waals surface area contributed by atoms with Crippen LogP contribution in [0.25, 0.3) is 0 Å². The van der Waals surface area contributed by atoms with E-state index in [-0.39, 0.29) is 12.5 Å². The molecule has 2 rings (SSSR count). The zero-order valence-corrected chi connectivity index (χ0v) is 10.9. The van der Waals surface area contributed by atoms with Gasteiger partial charge in [0.05, 0.1) is 5.02 Å². The lowest BCUT2D eigenvalue weighted by molar-refractivity contribution is 0.102. The van der Waals surface area contributed by atoms with Crippen LogP contribution in [-0.2, 0) is 6.42 Å². The number of carbonyl (C=O) groups excluding carboxylic acids is 1. The molecule has 98 valence electrons. The summed E-state index contributed by atoms with van der Waals surface area (Å²) in [6.45, 7) is 0.112. The largest absolute Gasteiger partial charge is 0.396 e. The topological polar surface area (TPSA) is 62.2 Å². The summed E-state index contributed by atoms with van der Waals surface area (Å²) in [5.41, 5.74) is 2.01. The maximum Gasteiger partial charge on any atom is 0.274 e. The molecule has 0 aliphatic heterocycles. The van der Waals surface area contributed by atoms with Gasteiger partial charge in [0.2, 0.25) is 0 Å². The quantitative estimate of drug-likeness (QED) is 0.902. The minimum Gasteiger partial charge on any atom is -0.396 e. The number of pyridine rings is 1. The third-order valence-electron chi connectivity index (χ3n) is 2.57.